The maximum absolute atomic E-state index is 12.2. The van der Waals surface area contributed by atoms with Gasteiger partial charge in [-0.25, -0.2) is 5.43 Å². The van der Waals surface area contributed by atoms with E-state index in [1.165, 1.54) is 6.07 Å². The summed E-state index contributed by atoms with van der Waals surface area (Å²) in [5, 5.41) is 15.8. The van der Waals surface area contributed by atoms with Crippen molar-refractivity contribution in [2.75, 3.05) is 0 Å². The molecule has 0 atom stereocenters. The van der Waals surface area contributed by atoms with Crippen LogP contribution in [0.25, 0.3) is 5.69 Å². The molecule has 2 aromatic carbocycles. The Hall–Kier alpha value is -3.45. The number of carbonyl (C=O) groups excluding carboxylic acids is 1. The molecule has 8 heteroatoms. The van der Waals surface area contributed by atoms with Crippen LogP contribution in [0.4, 0.5) is 5.69 Å². The monoisotopic (exact) mass is 424 g/mol. The van der Waals surface area contributed by atoms with Crippen molar-refractivity contribution in [1.29, 1.82) is 0 Å². The summed E-state index contributed by atoms with van der Waals surface area (Å²) in [4.78, 5) is 22.7. The number of aryl methyl sites for hydroxylation is 2. The molecule has 1 heterocycles. The predicted molar refractivity (Wildman–Crippen MR) is 118 cm³/mol. The van der Waals surface area contributed by atoms with E-state index < -0.39 is 10.8 Å². The molecule has 1 N–H and O–H groups in total. The molecule has 0 spiro atoms. The van der Waals surface area contributed by atoms with Gasteiger partial charge in [0.05, 0.1) is 17.6 Å². The first-order chi connectivity index (χ1) is 14.3. The smallest absolute Gasteiger partial charge is 0.273 e. The minimum Gasteiger partial charge on any atom is -0.318 e. The fourth-order valence-corrected chi connectivity index (χ4v) is 3.50. The normalized spacial score (nSPS) is 11.1. The Morgan fingerprint density at radius 2 is 1.93 bits per heavy atom. The molecule has 7 nitrogen and oxygen atoms in total. The summed E-state index contributed by atoms with van der Waals surface area (Å²) in [7, 11) is 0. The van der Waals surface area contributed by atoms with Crippen molar-refractivity contribution in [3.05, 3.63) is 91.7 Å². The first-order valence-corrected chi connectivity index (χ1v) is 9.65. The predicted octanol–water partition coefficient (Wildman–Crippen LogP) is 4.66. The molecule has 0 fully saturated rings. The van der Waals surface area contributed by atoms with E-state index in [1.807, 2.05) is 45.0 Å². The SMILES string of the molecule is Cc1ccc(Cl)cc1-n1c(C)cc(C=NNC(=O)Cc2ccccc2[N+](=O)[O-])c1C. The lowest BCUT2D eigenvalue weighted by molar-refractivity contribution is -0.385. The maximum atomic E-state index is 12.2. The molecule has 1 amide bonds. The van der Waals surface area contributed by atoms with Gasteiger partial charge in [-0.05, 0) is 44.5 Å². The number of halogens is 1. The number of nitrogens with one attached hydrogen (secondary N) is 1. The largest absolute Gasteiger partial charge is 0.318 e. The molecule has 3 rings (SSSR count). The second-order valence-electron chi connectivity index (χ2n) is 6.95. The van der Waals surface area contributed by atoms with Crippen molar-refractivity contribution in [3.8, 4) is 5.69 Å². The van der Waals surface area contributed by atoms with E-state index in [9.17, 15) is 14.9 Å². The third-order valence-corrected chi connectivity index (χ3v) is 5.05. The van der Waals surface area contributed by atoms with Crippen LogP contribution in [0.2, 0.25) is 5.02 Å². The molecule has 30 heavy (non-hydrogen) atoms. The Labute approximate surface area is 179 Å². The average molecular weight is 425 g/mol. The van der Waals surface area contributed by atoms with Crippen molar-refractivity contribution in [3.63, 3.8) is 0 Å². The lowest BCUT2D eigenvalue weighted by Crippen LogP contribution is -2.20. The number of carbonyl (C=O) groups is 1. The lowest BCUT2D eigenvalue weighted by Gasteiger charge is -2.13. The number of hydrazone groups is 1. The summed E-state index contributed by atoms with van der Waals surface area (Å²) >= 11 is 6.16. The van der Waals surface area contributed by atoms with Crippen molar-refractivity contribution in [2.24, 2.45) is 5.10 Å². The Morgan fingerprint density at radius 1 is 1.20 bits per heavy atom. The number of aromatic nitrogens is 1. The van der Waals surface area contributed by atoms with Crippen molar-refractivity contribution >= 4 is 29.4 Å². The molecule has 154 valence electrons. The summed E-state index contributed by atoms with van der Waals surface area (Å²) in [5.74, 6) is -0.431. The van der Waals surface area contributed by atoms with Crippen LogP contribution in [0.5, 0.6) is 0 Å². The Kier molecular flexibility index (Phi) is 6.32. The van der Waals surface area contributed by atoms with E-state index in [1.54, 1.807) is 24.4 Å². The van der Waals surface area contributed by atoms with Gasteiger partial charge in [-0.3, -0.25) is 14.9 Å². The van der Waals surface area contributed by atoms with Gasteiger partial charge in [0, 0.05) is 39.3 Å². The van der Waals surface area contributed by atoms with Crippen molar-refractivity contribution in [1.82, 2.24) is 9.99 Å². The number of benzene rings is 2. The zero-order valence-electron chi connectivity index (χ0n) is 16.8. The topological polar surface area (TPSA) is 89.5 Å². The molecule has 0 saturated carbocycles. The molecule has 3 aromatic rings. The second kappa shape index (κ2) is 8.92. The van der Waals surface area contributed by atoms with Crippen LogP contribution in [0, 0.1) is 30.9 Å². The maximum Gasteiger partial charge on any atom is 0.273 e. The van der Waals surface area contributed by atoms with E-state index in [0.29, 0.717) is 10.6 Å². The van der Waals surface area contributed by atoms with Gasteiger partial charge in [0.25, 0.3) is 5.69 Å². The van der Waals surface area contributed by atoms with Gasteiger partial charge >= 0.3 is 0 Å². The quantitative estimate of drug-likeness (QED) is 0.354. The molecule has 0 aliphatic carbocycles. The van der Waals surface area contributed by atoms with E-state index in [0.717, 1.165) is 28.2 Å². The van der Waals surface area contributed by atoms with Gasteiger partial charge in [-0.15, -0.1) is 0 Å². The van der Waals surface area contributed by atoms with Gasteiger partial charge in [0.2, 0.25) is 5.91 Å². The molecule has 1 aromatic heterocycles. The fraction of sp³-hybridized carbons (Fsp3) is 0.182. The molecule has 0 bridgehead atoms. The van der Waals surface area contributed by atoms with E-state index >= 15 is 0 Å². The molecule has 0 aliphatic rings. The minimum atomic E-state index is -0.501. The van der Waals surface area contributed by atoms with Crippen LogP contribution < -0.4 is 5.43 Å². The number of hydrogen-bond donors (Lipinski definition) is 1. The zero-order valence-corrected chi connectivity index (χ0v) is 17.6. The van der Waals surface area contributed by atoms with Crippen molar-refractivity contribution < 1.29 is 9.72 Å². The number of nitro benzene ring substituents is 1. The second-order valence-corrected chi connectivity index (χ2v) is 7.38. The summed E-state index contributed by atoms with van der Waals surface area (Å²) in [5.41, 5.74) is 7.56. The zero-order chi connectivity index (χ0) is 21.8. The standard InChI is InChI=1S/C22H21ClN4O3/c1-14-8-9-19(23)12-21(14)26-15(2)10-18(16(26)3)13-24-25-22(28)11-17-6-4-5-7-20(17)27(29)30/h4-10,12-13H,11H2,1-3H3,(H,25,28). The van der Waals surface area contributed by atoms with Gasteiger partial charge in [0.1, 0.15) is 0 Å². The minimum absolute atomic E-state index is 0.0860. The highest BCUT2D eigenvalue weighted by Gasteiger charge is 2.15. The van der Waals surface area contributed by atoms with Crippen LogP contribution in [-0.4, -0.2) is 21.6 Å². The van der Waals surface area contributed by atoms with Crippen LogP contribution >= 0.6 is 11.6 Å². The van der Waals surface area contributed by atoms with E-state index in [-0.39, 0.29) is 12.1 Å². The number of amides is 1. The summed E-state index contributed by atoms with van der Waals surface area (Å²) in [6, 6.07) is 13.8. The number of para-hydroxylation sites is 1. The summed E-state index contributed by atoms with van der Waals surface area (Å²) in [6.45, 7) is 5.96. The third-order valence-electron chi connectivity index (χ3n) is 4.81. The molecular formula is C22H21ClN4O3. The molecule has 0 unspecified atom stereocenters. The van der Waals surface area contributed by atoms with Crippen molar-refractivity contribution in [2.45, 2.75) is 27.2 Å². The summed E-state index contributed by atoms with van der Waals surface area (Å²) < 4.78 is 2.08. The van der Waals surface area contributed by atoms with E-state index in [4.69, 9.17) is 11.6 Å². The molecule has 0 radical (unpaired) electrons. The van der Waals surface area contributed by atoms with Gasteiger partial charge in [0.15, 0.2) is 0 Å². The highest BCUT2D eigenvalue weighted by atomic mass is 35.5. The van der Waals surface area contributed by atoms with E-state index in [2.05, 4.69) is 15.1 Å². The molecule has 0 aliphatic heterocycles. The number of nitrogens with zero attached hydrogens (tertiary/aromatic N) is 3. The average Bonchev–Trinajstić information content (AvgIpc) is 2.97. The van der Waals surface area contributed by atoms with Crippen LogP contribution in [-0.2, 0) is 11.2 Å². The van der Waals surface area contributed by atoms with Gasteiger partial charge in [-0.1, -0.05) is 35.9 Å². The number of nitro groups is 1. The first-order valence-electron chi connectivity index (χ1n) is 9.27. The van der Waals surface area contributed by atoms with Gasteiger partial charge in [-0.2, -0.15) is 5.10 Å². The lowest BCUT2D eigenvalue weighted by atomic mass is 10.1. The van der Waals surface area contributed by atoms with Crippen LogP contribution in [0.1, 0.15) is 28.1 Å². The molecular weight excluding hydrogens is 404 g/mol. The Morgan fingerprint density at radius 3 is 2.67 bits per heavy atom. The fourth-order valence-electron chi connectivity index (χ4n) is 3.34. The highest BCUT2D eigenvalue weighted by molar-refractivity contribution is 6.30. The number of hydrogen-bond acceptors (Lipinski definition) is 4. The van der Waals surface area contributed by atoms with Gasteiger partial charge < -0.3 is 4.57 Å². The van der Waals surface area contributed by atoms with Crippen LogP contribution in [0.3, 0.4) is 0 Å². The van der Waals surface area contributed by atoms with Crippen LogP contribution in [0.15, 0.2) is 53.6 Å². The summed E-state index contributed by atoms with van der Waals surface area (Å²) in [6.07, 6.45) is 1.44. The Bertz CT molecular complexity index is 1150. The Balaban J connectivity index is 1.75. The number of rotatable bonds is 6. The first kappa shape index (κ1) is 21.3. The molecule has 0 saturated heterocycles. The highest BCUT2D eigenvalue weighted by Crippen LogP contribution is 2.25. The third kappa shape index (κ3) is 4.58.